The first-order valence-corrected chi connectivity index (χ1v) is 6.75. The number of rotatable bonds is 8. The van der Waals surface area contributed by atoms with Crippen LogP contribution in [0.2, 0.25) is 0 Å². The number of hydrogen-bond acceptors (Lipinski definition) is 3. The molecule has 2 amide bonds. The van der Waals surface area contributed by atoms with Gasteiger partial charge >= 0.3 is 12.0 Å². The van der Waals surface area contributed by atoms with Crippen molar-refractivity contribution in [2.75, 3.05) is 27.2 Å². The van der Waals surface area contributed by atoms with Gasteiger partial charge in [-0.15, -0.1) is 0 Å². The molecule has 0 aromatic heterocycles. The Morgan fingerprint density at radius 2 is 1.84 bits per heavy atom. The fraction of sp³-hybridized carbons (Fsp3) is 0.846. The molecule has 0 saturated carbocycles. The fourth-order valence-corrected chi connectivity index (χ4v) is 2.05. The van der Waals surface area contributed by atoms with Gasteiger partial charge in [0.2, 0.25) is 0 Å². The van der Waals surface area contributed by atoms with Crippen molar-refractivity contribution in [3.05, 3.63) is 0 Å². The van der Waals surface area contributed by atoms with E-state index in [9.17, 15) is 9.59 Å². The highest BCUT2D eigenvalue weighted by molar-refractivity contribution is 5.76. The zero-order valence-corrected chi connectivity index (χ0v) is 12.6. The third kappa shape index (κ3) is 7.00. The quantitative estimate of drug-likeness (QED) is 0.697. The number of nitrogens with one attached hydrogen (secondary N) is 1. The van der Waals surface area contributed by atoms with Gasteiger partial charge in [0.25, 0.3) is 0 Å². The third-order valence-electron chi connectivity index (χ3n) is 3.00. The second-order valence-corrected chi connectivity index (χ2v) is 5.05. The van der Waals surface area contributed by atoms with E-state index in [2.05, 4.69) is 5.32 Å². The Hall–Kier alpha value is -1.30. The van der Waals surface area contributed by atoms with E-state index in [4.69, 9.17) is 5.11 Å². The van der Waals surface area contributed by atoms with Crippen LogP contribution in [-0.4, -0.2) is 66.2 Å². The van der Waals surface area contributed by atoms with Crippen molar-refractivity contribution in [3.8, 4) is 0 Å². The highest BCUT2D eigenvalue weighted by Gasteiger charge is 2.22. The summed E-state index contributed by atoms with van der Waals surface area (Å²) >= 11 is 0. The summed E-state index contributed by atoms with van der Waals surface area (Å²) in [6.07, 6.45) is 0.569. The zero-order chi connectivity index (χ0) is 15.0. The van der Waals surface area contributed by atoms with Crippen LogP contribution in [0, 0.1) is 0 Å². The minimum Gasteiger partial charge on any atom is -0.481 e. The number of hydrogen-bond donors (Lipinski definition) is 2. The van der Waals surface area contributed by atoms with E-state index in [1.807, 2.05) is 39.8 Å². The molecule has 0 fully saturated rings. The molecule has 0 radical (unpaired) electrons. The van der Waals surface area contributed by atoms with E-state index in [-0.39, 0.29) is 24.5 Å². The summed E-state index contributed by atoms with van der Waals surface area (Å²) in [5.41, 5.74) is 0. The topological polar surface area (TPSA) is 72.9 Å². The SMILES string of the molecule is CCC(CC(=O)O)NC(=O)N(CC)C(C)CN(C)C. The molecule has 0 aliphatic carbocycles. The monoisotopic (exact) mass is 273 g/mol. The lowest BCUT2D eigenvalue weighted by atomic mass is 10.1. The lowest BCUT2D eigenvalue weighted by Gasteiger charge is -2.31. The molecule has 2 atom stereocenters. The summed E-state index contributed by atoms with van der Waals surface area (Å²) in [7, 11) is 3.92. The van der Waals surface area contributed by atoms with Crippen molar-refractivity contribution < 1.29 is 14.7 Å². The molecule has 19 heavy (non-hydrogen) atoms. The molecule has 112 valence electrons. The van der Waals surface area contributed by atoms with E-state index >= 15 is 0 Å². The van der Waals surface area contributed by atoms with Crippen LogP contribution in [0.25, 0.3) is 0 Å². The standard InChI is InChI=1S/C13H27N3O3/c1-6-11(8-12(17)18)14-13(19)16(7-2)10(3)9-15(4)5/h10-11H,6-9H2,1-5H3,(H,14,19)(H,17,18). The van der Waals surface area contributed by atoms with Crippen LogP contribution >= 0.6 is 0 Å². The number of carbonyl (C=O) groups is 2. The molecule has 0 rings (SSSR count). The molecule has 0 heterocycles. The first-order chi connectivity index (χ1) is 8.81. The largest absolute Gasteiger partial charge is 0.481 e. The van der Waals surface area contributed by atoms with Crippen molar-refractivity contribution in [1.82, 2.24) is 15.1 Å². The molecule has 6 heteroatoms. The maximum Gasteiger partial charge on any atom is 0.317 e. The second kappa shape index (κ2) is 8.74. The molecule has 2 unspecified atom stereocenters. The fourth-order valence-electron chi connectivity index (χ4n) is 2.05. The minimum atomic E-state index is -0.892. The average Bonchev–Trinajstić information content (AvgIpc) is 2.27. The van der Waals surface area contributed by atoms with Gasteiger partial charge in [-0.3, -0.25) is 4.79 Å². The molecular formula is C13H27N3O3. The van der Waals surface area contributed by atoms with Crippen LogP contribution in [0.5, 0.6) is 0 Å². The molecule has 0 aromatic rings. The lowest BCUT2D eigenvalue weighted by Crippen LogP contribution is -2.51. The van der Waals surface area contributed by atoms with E-state index in [0.717, 1.165) is 6.54 Å². The molecule has 0 aromatic carbocycles. The molecular weight excluding hydrogens is 246 g/mol. The smallest absolute Gasteiger partial charge is 0.317 e. The Labute approximate surface area is 115 Å². The summed E-state index contributed by atoms with van der Waals surface area (Å²) in [5, 5.41) is 11.6. The van der Waals surface area contributed by atoms with Crippen LogP contribution in [0.4, 0.5) is 4.79 Å². The van der Waals surface area contributed by atoms with Crippen molar-refractivity contribution in [3.63, 3.8) is 0 Å². The summed E-state index contributed by atoms with van der Waals surface area (Å²) in [6.45, 7) is 7.15. The molecule has 2 N–H and O–H groups in total. The van der Waals surface area contributed by atoms with Crippen LogP contribution < -0.4 is 5.32 Å². The highest BCUT2D eigenvalue weighted by Crippen LogP contribution is 2.04. The van der Waals surface area contributed by atoms with Gasteiger partial charge in [-0.25, -0.2) is 4.79 Å². The van der Waals surface area contributed by atoms with Gasteiger partial charge in [0, 0.05) is 25.2 Å². The third-order valence-corrected chi connectivity index (χ3v) is 3.00. The number of carboxylic acids is 1. The summed E-state index contributed by atoms with van der Waals surface area (Å²) in [4.78, 5) is 26.6. The van der Waals surface area contributed by atoms with Gasteiger partial charge in [0.1, 0.15) is 0 Å². The Morgan fingerprint density at radius 3 is 2.21 bits per heavy atom. The van der Waals surface area contributed by atoms with Gasteiger partial charge in [-0.2, -0.15) is 0 Å². The van der Waals surface area contributed by atoms with Gasteiger partial charge < -0.3 is 20.2 Å². The van der Waals surface area contributed by atoms with Crippen LogP contribution in [0.15, 0.2) is 0 Å². The number of amides is 2. The van der Waals surface area contributed by atoms with E-state index < -0.39 is 5.97 Å². The molecule has 0 aliphatic heterocycles. The van der Waals surface area contributed by atoms with Crippen LogP contribution in [0.3, 0.4) is 0 Å². The van der Waals surface area contributed by atoms with Gasteiger partial charge in [-0.1, -0.05) is 6.92 Å². The zero-order valence-electron chi connectivity index (χ0n) is 12.6. The Bertz CT molecular complexity index is 295. The number of likely N-dealkylation sites (N-methyl/N-ethyl adjacent to an activating group) is 2. The van der Waals surface area contributed by atoms with E-state index in [0.29, 0.717) is 13.0 Å². The normalized spacial score (nSPS) is 14.0. The lowest BCUT2D eigenvalue weighted by molar-refractivity contribution is -0.137. The number of carbonyl (C=O) groups excluding carboxylic acids is 1. The van der Waals surface area contributed by atoms with E-state index in [1.54, 1.807) is 4.90 Å². The van der Waals surface area contributed by atoms with Gasteiger partial charge in [-0.05, 0) is 34.4 Å². The highest BCUT2D eigenvalue weighted by atomic mass is 16.4. The Balaban J connectivity index is 4.52. The maximum absolute atomic E-state index is 12.2. The molecule has 0 spiro atoms. The number of urea groups is 1. The first kappa shape index (κ1) is 17.7. The summed E-state index contributed by atoms with van der Waals surface area (Å²) in [5.74, 6) is -0.892. The van der Waals surface area contributed by atoms with Gasteiger partial charge in [0.15, 0.2) is 0 Å². The summed E-state index contributed by atoms with van der Waals surface area (Å²) < 4.78 is 0. The minimum absolute atomic E-state index is 0.0398. The maximum atomic E-state index is 12.2. The average molecular weight is 273 g/mol. The predicted molar refractivity (Wildman–Crippen MR) is 75.3 cm³/mol. The van der Waals surface area contributed by atoms with Crippen LogP contribution in [0.1, 0.15) is 33.6 Å². The van der Waals surface area contributed by atoms with Crippen LogP contribution in [-0.2, 0) is 4.79 Å². The second-order valence-electron chi connectivity index (χ2n) is 5.05. The van der Waals surface area contributed by atoms with Crippen molar-refractivity contribution in [2.45, 2.75) is 45.7 Å². The predicted octanol–water partition coefficient (Wildman–Crippen LogP) is 1.22. The molecule has 0 aliphatic rings. The number of carboxylic acid groups (broad SMARTS) is 1. The van der Waals surface area contributed by atoms with Crippen molar-refractivity contribution >= 4 is 12.0 Å². The number of nitrogens with zero attached hydrogens (tertiary/aromatic N) is 2. The summed E-state index contributed by atoms with van der Waals surface area (Å²) in [6, 6.07) is -0.419. The molecule has 6 nitrogen and oxygen atoms in total. The van der Waals surface area contributed by atoms with Crippen molar-refractivity contribution in [2.24, 2.45) is 0 Å². The Kier molecular flexibility index (Phi) is 8.14. The molecule has 0 saturated heterocycles. The van der Waals surface area contributed by atoms with Crippen molar-refractivity contribution in [1.29, 1.82) is 0 Å². The number of aliphatic carboxylic acids is 1. The molecule has 0 bridgehead atoms. The Morgan fingerprint density at radius 1 is 1.26 bits per heavy atom. The van der Waals surface area contributed by atoms with E-state index in [1.165, 1.54) is 0 Å². The van der Waals surface area contributed by atoms with Gasteiger partial charge in [0.05, 0.1) is 6.42 Å². The first-order valence-electron chi connectivity index (χ1n) is 6.75.